The molecular formula is C34H27BrN8O3. The molecule has 12 heteroatoms. The van der Waals surface area contributed by atoms with Gasteiger partial charge in [0.1, 0.15) is 34.9 Å². The summed E-state index contributed by atoms with van der Waals surface area (Å²) in [5.41, 5.74) is 10.4. The Bertz CT molecular complexity index is 1810. The Balaban J connectivity index is 0.000000217. The molecule has 2 N–H and O–H groups in total. The number of nitrogen functional groups attached to an aromatic ring is 1. The Labute approximate surface area is 275 Å². The lowest BCUT2D eigenvalue weighted by atomic mass is 10.0. The molecule has 0 radical (unpaired) electrons. The molecule has 5 rings (SSSR count). The zero-order chi connectivity index (χ0) is 33.3. The van der Waals surface area contributed by atoms with Gasteiger partial charge in [-0.25, -0.2) is 19.9 Å². The van der Waals surface area contributed by atoms with Gasteiger partial charge in [-0.05, 0) is 34.1 Å². The number of aromatic nitrogens is 3. The van der Waals surface area contributed by atoms with Crippen LogP contribution in [0, 0.1) is 34.0 Å². The maximum absolute atomic E-state index is 9.22. The molecule has 5 aromatic rings. The van der Waals surface area contributed by atoms with Crippen LogP contribution < -0.4 is 19.9 Å². The van der Waals surface area contributed by atoms with E-state index in [1.165, 1.54) is 33.6 Å². The summed E-state index contributed by atoms with van der Waals surface area (Å²) in [5.74, 6) is 0.967. The van der Waals surface area contributed by atoms with Gasteiger partial charge >= 0.3 is 0 Å². The van der Waals surface area contributed by atoms with E-state index in [0.29, 0.717) is 45.7 Å². The van der Waals surface area contributed by atoms with Crippen LogP contribution in [-0.4, -0.2) is 42.0 Å². The van der Waals surface area contributed by atoms with Gasteiger partial charge in [0.25, 0.3) is 0 Å². The standard InChI is InChI=1S/C20H15N3O.C7H5BrN2O.C7H7N3O/c1-24-20-17(13-21)12-18(14-22-20)23-19(15-8-4-2-5-9-15)16-10-6-3-7-11-16;1-11-7-5(3-9)2-6(8)4-10-7;1-11-7-5(3-8)2-6(9)4-10-7/h2-12,14H,1H3;2,4H,1H3;2,4H,9H2,1H3. The predicted molar refractivity (Wildman–Crippen MR) is 177 cm³/mol. The van der Waals surface area contributed by atoms with Crippen LogP contribution in [0.4, 0.5) is 11.4 Å². The second kappa shape index (κ2) is 17.7. The van der Waals surface area contributed by atoms with E-state index in [-0.39, 0.29) is 0 Å². The number of methoxy groups -OCH3 is 3. The smallest absolute Gasteiger partial charge is 0.231 e. The Kier molecular flexibility index (Phi) is 13.2. The fourth-order valence-corrected chi connectivity index (χ4v) is 4.07. The molecule has 0 aliphatic rings. The van der Waals surface area contributed by atoms with Crippen molar-refractivity contribution in [3.05, 3.63) is 130 Å². The summed E-state index contributed by atoms with van der Waals surface area (Å²) in [7, 11) is 4.43. The lowest BCUT2D eigenvalue weighted by Gasteiger charge is -2.08. The first kappa shape index (κ1) is 34.2. The lowest BCUT2D eigenvalue weighted by molar-refractivity contribution is 0.396. The zero-order valence-electron chi connectivity index (χ0n) is 25.0. The molecule has 2 aromatic carbocycles. The molecular weight excluding hydrogens is 648 g/mol. The number of anilines is 1. The van der Waals surface area contributed by atoms with E-state index in [4.69, 9.17) is 35.5 Å². The van der Waals surface area contributed by atoms with Gasteiger partial charge in [-0.15, -0.1) is 0 Å². The molecule has 3 aromatic heterocycles. The summed E-state index contributed by atoms with van der Waals surface area (Å²) in [5, 5.41) is 26.4. The summed E-state index contributed by atoms with van der Waals surface area (Å²) in [4.78, 5) is 16.6. The molecule has 0 amide bonds. The van der Waals surface area contributed by atoms with Gasteiger partial charge in [-0.3, -0.25) is 0 Å². The van der Waals surface area contributed by atoms with Gasteiger partial charge in [0.2, 0.25) is 17.6 Å². The monoisotopic (exact) mass is 674 g/mol. The van der Waals surface area contributed by atoms with Crippen molar-refractivity contribution < 1.29 is 14.2 Å². The Morgan fingerprint density at radius 2 is 1.09 bits per heavy atom. The molecule has 0 unspecified atom stereocenters. The van der Waals surface area contributed by atoms with Crippen molar-refractivity contribution in [1.29, 1.82) is 15.8 Å². The molecule has 0 saturated heterocycles. The second-order valence-electron chi connectivity index (χ2n) is 8.81. The van der Waals surface area contributed by atoms with Crippen molar-refractivity contribution in [2.45, 2.75) is 0 Å². The molecule has 46 heavy (non-hydrogen) atoms. The van der Waals surface area contributed by atoms with E-state index in [1.807, 2.05) is 72.8 Å². The molecule has 0 aliphatic carbocycles. The number of hydrogen-bond acceptors (Lipinski definition) is 11. The lowest BCUT2D eigenvalue weighted by Crippen LogP contribution is -2.02. The molecule has 0 saturated carbocycles. The topological polar surface area (TPSA) is 176 Å². The van der Waals surface area contributed by atoms with Crippen LogP contribution in [0.25, 0.3) is 0 Å². The number of nitrogens with zero attached hydrogens (tertiary/aromatic N) is 7. The van der Waals surface area contributed by atoms with Crippen LogP contribution in [0.15, 0.2) is 107 Å². The van der Waals surface area contributed by atoms with Gasteiger partial charge in [0, 0.05) is 21.8 Å². The molecule has 11 nitrogen and oxygen atoms in total. The highest BCUT2D eigenvalue weighted by Gasteiger charge is 2.10. The highest BCUT2D eigenvalue weighted by atomic mass is 79.9. The second-order valence-corrected chi connectivity index (χ2v) is 9.73. The first-order valence-electron chi connectivity index (χ1n) is 13.3. The average molecular weight is 676 g/mol. The predicted octanol–water partition coefficient (Wildman–Crippen LogP) is 6.40. The number of pyridine rings is 3. The highest BCUT2D eigenvalue weighted by molar-refractivity contribution is 9.10. The van der Waals surface area contributed by atoms with E-state index in [1.54, 1.807) is 24.5 Å². The Morgan fingerprint density at radius 3 is 1.57 bits per heavy atom. The third-order valence-electron chi connectivity index (χ3n) is 5.80. The zero-order valence-corrected chi connectivity index (χ0v) is 26.6. The fourth-order valence-electron chi connectivity index (χ4n) is 3.74. The van der Waals surface area contributed by atoms with E-state index in [2.05, 4.69) is 37.0 Å². The van der Waals surface area contributed by atoms with E-state index < -0.39 is 0 Å². The van der Waals surface area contributed by atoms with Crippen LogP contribution >= 0.6 is 15.9 Å². The molecule has 0 aliphatic heterocycles. The number of rotatable bonds is 6. The van der Waals surface area contributed by atoms with Gasteiger partial charge in [-0.2, -0.15) is 15.8 Å². The van der Waals surface area contributed by atoms with Crippen molar-refractivity contribution in [3.8, 4) is 35.8 Å². The fraction of sp³-hybridized carbons (Fsp3) is 0.0882. The van der Waals surface area contributed by atoms with Crippen LogP contribution in [0.1, 0.15) is 27.8 Å². The summed E-state index contributed by atoms with van der Waals surface area (Å²) >= 11 is 3.20. The van der Waals surface area contributed by atoms with E-state index in [0.717, 1.165) is 21.3 Å². The first-order chi connectivity index (χ1) is 22.4. The largest absolute Gasteiger partial charge is 0.480 e. The SMILES string of the molecule is COc1ncc(Br)cc1C#N.COc1ncc(N)cc1C#N.COc1ncc(N=C(c2ccccc2)c2ccccc2)cc1C#N. The summed E-state index contributed by atoms with van der Waals surface area (Å²) in [6, 6.07) is 30.7. The van der Waals surface area contributed by atoms with E-state index >= 15 is 0 Å². The van der Waals surface area contributed by atoms with Gasteiger partial charge in [-0.1, -0.05) is 60.7 Å². The average Bonchev–Trinajstić information content (AvgIpc) is 3.11. The number of benzene rings is 2. The third-order valence-corrected chi connectivity index (χ3v) is 6.24. The molecule has 0 bridgehead atoms. The first-order valence-corrected chi connectivity index (χ1v) is 14.1. The molecule has 0 fully saturated rings. The van der Waals surface area contributed by atoms with Crippen molar-refractivity contribution in [1.82, 2.24) is 15.0 Å². The van der Waals surface area contributed by atoms with Crippen molar-refractivity contribution in [3.63, 3.8) is 0 Å². The van der Waals surface area contributed by atoms with E-state index in [9.17, 15) is 5.26 Å². The Morgan fingerprint density at radius 1 is 0.652 bits per heavy atom. The van der Waals surface area contributed by atoms with Crippen molar-refractivity contribution in [2.75, 3.05) is 27.1 Å². The number of ether oxygens (including phenoxy) is 3. The van der Waals surface area contributed by atoms with Crippen molar-refractivity contribution in [2.24, 2.45) is 4.99 Å². The van der Waals surface area contributed by atoms with Gasteiger partial charge in [0.05, 0.1) is 50.8 Å². The molecule has 228 valence electrons. The maximum Gasteiger partial charge on any atom is 0.231 e. The third kappa shape index (κ3) is 9.61. The summed E-state index contributed by atoms with van der Waals surface area (Å²) in [6.45, 7) is 0. The number of hydrogen-bond donors (Lipinski definition) is 1. The number of aliphatic imine (C=N–C) groups is 1. The quantitative estimate of drug-likeness (QED) is 0.198. The molecule has 0 atom stereocenters. The minimum Gasteiger partial charge on any atom is -0.480 e. The Hall–Kier alpha value is -6.29. The maximum atomic E-state index is 9.22. The molecule has 3 heterocycles. The van der Waals surface area contributed by atoms with Crippen LogP contribution in [0.2, 0.25) is 0 Å². The summed E-state index contributed by atoms with van der Waals surface area (Å²) < 4.78 is 15.5. The van der Waals surface area contributed by atoms with Crippen LogP contribution in [-0.2, 0) is 0 Å². The van der Waals surface area contributed by atoms with Gasteiger partial charge < -0.3 is 19.9 Å². The number of nitrogens with two attached hydrogens (primary N) is 1. The summed E-state index contributed by atoms with van der Waals surface area (Å²) in [6.07, 6.45) is 4.63. The minimum atomic E-state index is 0.303. The number of nitriles is 3. The normalized spacial score (nSPS) is 9.33. The van der Waals surface area contributed by atoms with Crippen molar-refractivity contribution >= 4 is 33.0 Å². The number of halogens is 1. The highest BCUT2D eigenvalue weighted by Crippen LogP contribution is 2.23. The minimum absolute atomic E-state index is 0.303. The van der Waals surface area contributed by atoms with Crippen LogP contribution in [0.5, 0.6) is 17.6 Å². The molecule has 0 spiro atoms. The van der Waals surface area contributed by atoms with Crippen LogP contribution in [0.3, 0.4) is 0 Å². The van der Waals surface area contributed by atoms with Gasteiger partial charge in [0.15, 0.2) is 0 Å².